The van der Waals surface area contributed by atoms with Gasteiger partial charge in [-0.25, -0.2) is 4.98 Å². The van der Waals surface area contributed by atoms with Crippen molar-refractivity contribution in [3.63, 3.8) is 0 Å². The van der Waals surface area contributed by atoms with Crippen LogP contribution in [0.2, 0.25) is 5.28 Å². The first-order chi connectivity index (χ1) is 8.65. The van der Waals surface area contributed by atoms with Crippen LogP contribution in [0.4, 0.5) is 5.95 Å². The second-order valence-corrected chi connectivity index (χ2v) is 5.16. The Kier molecular flexibility index (Phi) is 4.15. The van der Waals surface area contributed by atoms with Crippen LogP contribution in [0.15, 0.2) is 12.7 Å². The number of aromatic nitrogens is 6. The second-order valence-electron chi connectivity index (χ2n) is 3.27. The summed E-state index contributed by atoms with van der Waals surface area (Å²) in [5, 5.41) is 6.86. The van der Waals surface area contributed by atoms with E-state index in [1.807, 2.05) is 0 Å². The molecule has 0 aliphatic carbocycles. The Balaban J connectivity index is 2.14. The van der Waals surface area contributed by atoms with Crippen LogP contribution < -0.4 is 5.32 Å². The molecule has 0 amide bonds. The topological polar surface area (TPSA) is 98.5 Å². The quantitative estimate of drug-likeness (QED) is 0.819. The van der Waals surface area contributed by atoms with Crippen LogP contribution in [0.25, 0.3) is 5.95 Å². The fourth-order valence-electron chi connectivity index (χ4n) is 1.14. The van der Waals surface area contributed by atoms with Gasteiger partial charge in [-0.1, -0.05) is 0 Å². The Bertz CT molecular complexity index is 546. The van der Waals surface area contributed by atoms with Crippen molar-refractivity contribution in [2.75, 3.05) is 23.9 Å². The van der Waals surface area contributed by atoms with E-state index in [0.717, 1.165) is 0 Å². The highest BCUT2D eigenvalue weighted by atomic mass is 35.5. The fraction of sp³-hybridized carbons (Fsp3) is 0.375. The monoisotopic (exact) mass is 287 g/mol. The van der Waals surface area contributed by atoms with E-state index in [2.05, 4.69) is 30.4 Å². The third-order valence-corrected chi connectivity index (χ3v) is 2.84. The average Bonchev–Trinajstić information content (AvgIpc) is 2.81. The molecule has 2 aromatic rings. The SMILES string of the molecule is CS(=O)CCNc1nc(Cl)nc(-n2cncn2)n1. The van der Waals surface area contributed by atoms with Crippen molar-refractivity contribution in [1.29, 1.82) is 0 Å². The van der Waals surface area contributed by atoms with Gasteiger partial charge in [-0.2, -0.15) is 24.7 Å². The normalized spacial score (nSPS) is 12.3. The van der Waals surface area contributed by atoms with E-state index in [0.29, 0.717) is 18.2 Å². The molecule has 0 spiro atoms. The lowest BCUT2D eigenvalue weighted by Crippen LogP contribution is -2.14. The molecule has 1 unspecified atom stereocenters. The van der Waals surface area contributed by atoms with Crippen molar-refractivity contribution in [1.82, 2.24) is 29.7 Å². The number of nitrogens with zero attached hydrogens (tertiary/aromatic N) is 6. The zero-order valence-corrected chi connectivity index (χ0v) is 11.0. The predicted octanol–water partition coefficient (Wildman–Crippen LogP) is -0.104. The van der Waals surface area contributed by atoms with Gasteiger partial charge in [0.15, 0.2) is 0 Å². The van der Waals surface area contributed by atoms with Gasteiger partial charge >= 0.3 is 0 Å². The second kappa shape index (κ2) is 5.83. The van der Waals surface area contributed by atoms with Gasteiger partial charge in [0, 0.05) is 29.4 Å². The van der Waals surface area contributed by atoms with Crippen molar-refractivity contribution in [2.45, 2.75) is 0 Å². The Labute approximate surface area is 110 Å². The molecule has 0 aliphatic heterocycles. The first kappa shape index (κ1) is 12.8. The Hall–Kier alpha value is -1.61. The summed E-state index contributed by atoms with van der Waals surface area (Å²) in [4.78, 5) is 15.7. The van der Waals surface area contributed by atoms with Crippen molar-refractivity contribution >= 4 is 28.3 Å². The molecular weight excluding hydrogens is 278 g/mol. The summed E-state index contributed by atoms with van der Waals surface area (Å²) in [6, 6.07) is 0. The maximum atomic E-state index is 10.9. The first-order valence-electron chi connectivity index (χ1n) is 4.95. The minimum absolute atomic E-state index is 0.0515. The molecule has 0 aromatic carbocycles. The van der Waals surface area contributed by atoms with E-state index in [1.165, 1.54) is 17.3 Å². The van der Waals surface area contributed by atoms with Gasteiger partial charge in [0.2, 0.25) is 11.2 Å². The van der Waals surface area contributed by atoms with Crippen LogP contribution in [0.1, 0.15) is 0 Å². The number of halogens is 1. The predicted molar refractivity (Wildman–Crippen MR) is 67.2 cm³/mol. The van der Waals surface area contributed by atoms with E-state index in [4.69, 9.17) is 11.6 Å². The standard InChI is InChI=1S/C8H10ClN7OS/c1-18(17)3-2-11-7-13-6(9)14-8(15-7)16-5-10-4-12-16/h4-5H,2-3H2,1H3,(H,11,13,14,15). The molecule has 2 rings (SSSR count). The van der Waals surface area contributed by atoms with Crippen LogP contribution in [0.3, 0.4) is 0 Å². The average molecular weight is 288 g/mol. The lowest BCUT2D eigenvalue weighted by atomic mass is 10.7. The molecular formula is C8H10ClN7OS. The van der Waals surface area contributed by atoms with Crippen LogP contribution in [0, 0.1) is 0 Å². The third kappa shape index (κ3) is 3.44. The fourth-order valence-corrected chi connectivity index (χ4v) is 1.68. The molecule has 18 heavy (non-hydrogen) atoms. The Morgan fingerprint density at radius 3 is 2.94 bits per heavy atom. The van der Waals surface area contributed by atoms with Crippen molar-refractivity contribution in [3.05, 3.63) is 17.9 Å². The molecule has 2 aromatic heterocycles. The molecule has 2 heterocycles. The first-order valence-corrected chi connectivity index (χ1v) is 7.06. The van der Waals surface area contributed by atoms with Crippen molar-refractivity contribution in [2.24, 2.45) is 0 Å². The molecule has 1 N–H and O–H groups in total. The highest BCUT2D eigenvalue weighted by molar-refractivity contribution is 7.84. The number of anilines is 1. The lowest BCUT2D eigenvalue weighted by molar-refractivity contribution is 0.687. The Morgan fingerprint density at radius 2 is 2.28 bits per heavy atom. The van der Waals surface area contributed by atoms with Crippen molar-refractivity contribution in [3.8, 4) is 5.95 Å². The van der Waals surface area contributed by atoms with Gasteiger partial charge in [0.1, 0.15) is 12.7 Å². The summed E-state index contributed by atoms with van der Waals surface area (Å²) in [6.45, 7) is 0.486. The van der Waals surface area contributed by atoms with Gasteiger partial charge in [-0.3, -0.25) is 4.21 Å². The van der Waals surface area contributed by atoms with E-state index in [-0.39, 0.29) is 11.2 Å². The molecule has 0 bridgehead atoms. The van der Waals surface area contributed by atoms with E-state index in [1.54, 1.807) is 6.26 Å². The summed E-state index contributed by atoms with van der Waals surface area (Å²) in [5.74, 6) is 1.08. The van der Waals surface area contributed by atoms with Crippen LogP contribution >= 0.6 is 11.6 Å². The van der Waals surface area contributed by atoms with Crippen molar-refractivity contribution < 1.29 is 4.21 Å². The van der Waals surface area contributed by atoms with Gasteiger partial charge in [0.25, 0.3) is 5.95 Å². The van der Waals surface area contributed by atoms with E-state index >= 15 is 0 Å². The van der Waals surface area contributed by atoms with E-state index < -0.39 is 10.8 Å². The zero-order chi connectivity index (χ0) is 13.0. The van der Waals surface area contributed by atoms with Crippen LogP contribution in [-0.2, 0) is 10.8 Å². The molecule has 1 atom stereocenters. The maximum absolute atomic E-state index is 10.9. The summed E-state index contributed by atoms with van der Waals surface area (Å²) >= 11 is 5.78. The highest BCUT2D eigenvalue weighted by Crippen LogP contribution is 2.08. The largest absolute Gasteiger partial charge is 0.353 e. The number of hydrogen-bond donors (Lipinski definition) is 1. The van der Waals surface area contributed by atoms with Gasteiger partial charge in [-0.05, 0) is 11.6 Å². The smallest absolute Gasteiger partial charge is 0.258 e. The lowest BCUT2D eigenvalue weighted by Gasteiger charge is -2.05. The van der Waals surface area contributed by atoms with Gasteiger partial charge in [0.05, 0.1) is 0 Å². The summed E-state index contributed by atoms with van der Waals surface area (Å²) in [7, 11) is -0.874. The summed E-state index contributed by atoms with van der Waals surface area (Å²) in [5.41, 5.74) is 0. The minimum atomic E-state index is -0.874. The van der Waals surface area contributed by atoms with Crippen LogP contribution in [0.5, 0.6) is 0 Å². The van der Waals surface area contributed by atoms with E-state index in [9.17, 15) is 4.21 Å². The van der Waals surface area contributed by atoms with Crippen LogP contribution in [-0.4, -0.2) is 52.5 Å². The minimum Gasteiger partial charge on any atom is -0.353 e. The number of nitrogens with one attached hydrogen (secondary N) is 1. The van der Waals surface area contributed by atoms with Gasteiger partial charge < -0.3 is 5.32 Å². The Morgan fingerprint density at radius 1 is 1.44 bits per heavy atom. The molecule has 10 heteroatoms. The number of rotatable bonds is 5. The molecule has 8 nitrogen and oxygen atoms in total. The summed E-state index contributed by atoms with van der Waals surface area (Å²) in [6.07, 6.45) is 4.45. The third-order valence-electron chi connectivity index (χ3n) is 1.89. The molecule has 96 valence electrons. The molecule has 0 radical (unpaired) electrons. The molecule has 0 aliphatic rings. The molecule has 0 fully saturated rings. The highest BCUT2D eigenvalue weighted by Gasteiger charge is 2.07. The maximum Gasteiger partial charge on any atom is 0.258 e. The zero-order valence-electron chi connectivity index (χ0n) is 9.45. The molecule has 0 saturated carbocycles. The summed E-state index contributed by atoms with van der Waals surface area (Å²) < 4.78 is 12.3. The van der Waals surface area contributed by atoms with Gasteiger partial charge in [-0.15, -0.1) is 0 Å². The molecule has 0 saturated heterocycles. The number of hydrogen-bond acceptors (Lipinski definition) is 7.